The highest BCUT2D eigenvalue weighted by Crippen LogP contribution is 2.30. The summed E-state index contributed by atoms with van der Waals surface area (Å²) in [5.74, 6) is 7.13. The van der Waals surface area contributed by atoms with Gasteiger partial charge in [-0.1, -0.05) is 26.3 Å². The molecule has 0 bridgehead atoms. The number of ether oxygens (including phenoxy) is 1. The highest BCUT2D eigenvalue weighted by molar-refractivity contribution is 5.43. The summed E-state index contributed by atoms with van der Waals surface area (Å²) >= 11 is 0. The fourth-order valence-electron chi connectivity index (χ4n) is 2.16. The second-order valence-electron chi connectivity index (χ2n) is 4.71. The van der Waals surface area contributed by atoms with E-state index in [0.717, 1.165) is 17.7 Å². The number of aryl methyl sites for hydroxylation is 2. The predicted molar refractivity (Wildman–Crippen MR) is 72.0 cm³/mol. The van der Waals surface area contributed by atoms with Crippen LogP contribution in [0.5, 0.6) is 5.75 Å². The van der Waals surface area contributed by atoms with Gasteiger partial charge in [-0.05, 0) is 42.5 Å². The van der Waals surface area contributed by atoms with Gasteiger partial charge >= 0.3 is 0 Å². The molecule has 3 nitrogen and oxygen atoms in total. The molecule has 0 aliphatic rings. The monoisotopic (exact) mass is 236 g/mol. The van der Waals surface area contributed by atoms with Gasteiger partial charge in [0.15, 0.2) is 0 Å². The molecule has 3 N–H and O–H groups in total. The van der Waals surface area contributed by atoms with Crippen LogP contribution in [0, 0.1) is 19.8 Å². The summed E-state index contributed by atoms with van der Waals surface area (Å²) in [6, 6.07) is 4.45. The normalized spacial score (nSPS) is 14.5. The zero-order valence-corrected chi connectivity index (χ0v) is 11.5. The molecule has 2 atom stereocenters. The fourth-order valence-corrected chi connectivity index (χ4v) is 2.16. The Morgan fingerprint density at radius 3 is 2.41 bits per heavy atom. The number of methoxy groups -OCH3 is 1. The van der Waals surface area contributed by atoms with E-state index in [9.17, 15) is 0 Å². The maximum atomic E-state index is 5.69. The first-order chi connectivity index (χ1) is 8.04. The second kappa shape index (κ2) is 6.03. The fraction of sp³-hybridized carbons (Fsp3) is 0.571. The van der Waals surface area contributed by atoms with Gasteiger partial charge < -0.3 is 4.74 Å². The molecule has 1 aromatic rings. The minimum Gasteiger partial charge on any atom is -0.496 e. The van der Waals surface area contributed by atoms with Crippen molar-refractivity contribution in [2.75, 3.05) is 7.11 Å². The number of nitrogens with one attached hydrogen (secondary N) is 1. The summed E-state index contributed by atoms with van der Waals surface area (Å²) in [5.41, 5.74) is 6.57. The lowest BCUT2D eigenvalue weighted by atomic mass is 9.89. The summed E-state index contributed by atoms with van der Waals surface area (Å²) in [7, 11) is 1.70. The van der Waals surface area contributed by atoms with E-state index >= 15 is 0 Å². The SMILES string of the molecule is CCC(C)C(NN)c1cc(C)c(OC)cc1C. The van der Waals surface area contributed by atoms with Crippen molar-refractivity contribution in [2.45, 2.75) is 40.2 Å². The van der Waals surface area contributed by atoms with E-state index in [-0.39, 0.29) is 6.04 Å². The van der Waals surface area contributed by atoms with Gasteiger partial charge in [0.1, 0.15) is 5.75 Å². The molecule has 1 rings (SSSR count). The van der Waals surface area contributed by atoms with Crippen molar-refractivity contribution in [3.8, 4) is 5.75 Å². The third-order valence-corrected chi connectivity index (χ3v) is 3.51. The van der Waals surface area contributed by atoms with E-state index in [1.54, 1.807) is 7.11 Å². The maximum absolute atomic E-state index is 5.69. The van der Waals surface area contributed by atoms with Crippen molar-refractivity contribution < 1.29 is 4.74 Å². The third-order valence-electron chi connectivity index (χ3n) is 3.51. The standard InChI is InChI=1S/C14H24N2O/c1-6-9(2)14(16-15)12-7-11(4)13(17-5)8-10(12)3/h7-9,14,16H,6,15H2,1-5H3. The van der Waals surface area contributed by atoms with Gasteiger partial charge in [0, 0.05) is 6.04 Å². The first-order valence-electron chi connectivity index (χ1n) is 6.16. The summed E-state index contributed by atoms with van der Waals surface area (Å²) in [6.45, 7) is 8.56. The number of hydrogen-bond acceptors (Lipinski definition) is 3. The van der Waals surface area contributed by atoms with Crippen LogP contribution in [0.15, 0.2) is 12.1 Å². The molecule has 0 spiro atoms. The Morgan fingerprint density at radius 2 is 1.94 bits per heavy atom. The summed E-state index contributed by atoms with van der Waals surface area (Å²) in [5, 5.41) is 0. The van der Waals surface area contributed by atoms with Crippen molar-refractivity contribution in [1.82, 2.24) is 5.43 Å². The van der Waals surface area contributed by atoms with Gasteiger partial charge in [-0.2, -0.15) is 0 Å². The van der Waals surface area contributed by atoms with Crippen molar-refractivity contribution in [3.63, 3.8) is 0 Å². The van der Waals surface area contributed by atoms with E-state index in [0.29, 0.717) is 5.92 Å². The lowest BCUT2D eigenvalue weighted by Gasteiger charge is -2.25. The van der Waals surface area contributed by atoms with E-state index < -0.39 is 0 Å². The van der Waals surface area contributed by atoms with Crippen molar-refractivity contribution in [1.29, 1.82) is 0 Å². The maximum Gasteiger partial charge on any atom is 0.122 e. The largest absolute Gasteiger partial charge is 0.496 e. The molecule has 0 aromatic heterocycles. The second-order valence-corrected chi connectivity index (χ2v) is 4.71. The van der Waals surface area contributed by atoms with Crippen LogP contribution in [-0.2, 0) is 0 Å². The van der Waals surface area contributed by atoms with E-state index in [1.165, 1.54) is 11.1 Å². The van der Waals surface area contributed by atoms with Crippen LogP contribution >= 0.6 is 0 Å². The van der Waals surface area contributed by atoms with E-state index in [4.69, 9.17) is 10.6 Å². The molecule has 3 heteroatoms. The van der Waals surface area contributed by atoms with Crippen molar-refractivity contribution >= 4 is 0 Å². The molecule has 0 aliphatic heterocycles. The molecular weight excluding hydrogens is 212 g/mol. The molecule has 0 saturated carbocycles. The van der Waals surface area contributed by atoms with Crippen LogP contribution in [-0.4, -0.2) is 7.11 Å². The Labute approximate surface area is 104 Å². The van der Waals surface area contributed by atoms with Gasteiger partial charge in [0.25, 0.3) is 0 Å². The average Bonchev–Trinajstić information content (AvgIpc) is 2.33. The van der Waals surface area contributed by atoms with Crippen molar-refractivity contribution in [2.24, 2.45) is 11.8 Å². The molecule has 0 fully saturated rings. The minimum atomic E-state index is 0.199. The molecule has 1 aromatic carbocycles. The van der Waals surface area contributed by atoms with Gasteiger partial charge in [0.05, 0.1) is 7.11 Å². The van der Waals surface area contributed by atoms with Crippen LogP contribution in [0.1, 0.15) is 43.0 Å². The first-order valence-corrected chi connectivity index (χ1v) is 6.16. The molecule has 17 heavy (non-hydrogen) atoms. The summed E-state index contributed by atoms with van der Waals surface area (Å²) in [6.07, 6.45) is 1.10. The Balaban J connectivity index is 3.16. The van der Waals surface area contributed by atoms with E-state index in [2.05, 4.69) is 45.3 Å². The molecule has 0 heterocycles. The molecule has 0 amide bonds. The van der Waals surface area contributed by atoms with Crippen LogP contribution in [0.4, 0.5) is 0 Å². The molecule has 96 valence electrons. The van der Waals surface area contributed by atoms with Gasteiger partial charge in [-0.15, -0.1) is 0 Å². The number of benzene rings is 1. The molecule has 0 saturated heterocycles. The van der Waals surface area contributed by atoms with Crippen molar-refractivity contribution in [3.05, 3.63) is 28.8 Å². The highest BCUT2D eigenvalue weighted by Gasteiger charge is 2.19. The average molecular weight is 236 g/mol. The molecule has 2 unspecified atom stereocenters. The number of hydrazine groups is 1. The topological polar surface area (TPSA) is 47.3 Å². The Hall–Kier alpha value is -1.06. The number of nitrogens with two attached hydrogens (primary N) is 1. The summed E-state index contributed by atoms with van der Waals surface area (Å²) < 4.78 is 5.33. The quantitative estimate of drug-likeness (QED) is 0.610. The zero-order chi connectivity index (χ0) is 13.0. The van der Waals surface area contributed by atoms with Gasteiger partial charge in [-0.25, -0.2) is 0 Å². The lowest BCUT2D eigenvalue weighted by molar-refractivity contribution is 0.379. The minimum absolute atomic E-state index is 0.199. The lowest BCUT2D eigenvalue weighted by Crippen LogP contribution is -2.33. The van der Waals surface area contributed by atoms with Crippen LogP contribution in [0.3, 0.4) is 0 Å². The van der Waals surface area contributed by atoms with Crippen LogP contribution in [0.25, 0.3) is 0 Å². The number of hydrogen-bond donors (Lipinski definition) is 2. The Kier molecular flexibility index (Phi) is 4.97. The van der Waals surface area contributed by atoms with Crippen LogP contribution < -0.4 is 16.0 Å². The third kappa shape index (κ3) is 2.99. The molecule has 0 radical (unpaired) electrons. The van der Waals surface area contributed by atoms with E-state index in [1.807, 2.05) is 0 Å². The number of rotatable bonds is 5. The molecule has 0 aliphatic carbocycles. The first kappa shape index (κ1) is 14.0. The predicted octanol–water partition coefficient (Wildman–Crippen LogP) is 2.86. The van der Waals surface area contributed by atoms with Crippen LogP contribution in [0.2, 0.25) is 0 Å². The van der Waals surface area contributed by atoms with Gasteiger partial charge in [0.2, 0.25) is 0 Å². The molecular formula is C14H24N2O. The van der Waals surface area contributed by atoms with Gasteiger partial charge in [-0.3, -0.25) is 11.3 Å². The zero-order valence-electron chi connectivity index (χ0n) is 11.5. The smallest absolute Gasteiger partial charge is 0.122 e. The summed E-state index contributed by atoms with van der Waals surface area (Å²) in [4.78, 5) is 0. The Bertz CT molecular complexity index is 377. The Morgan fingerprint density at radius 1 is 1.29 bits per heavy atom. The highest BCUT2D eigenvalue weighted by atomic mass is 16.5.